The molecule has 0 aliphatic heterocycles. The van der Waals surface area contributed by atoms with Crippen LogP contribution in [-0.4, -0.2) is 0 Å². The van der Waals surface area contributed by atoms with E-state index in [4.69, 9.17) is 22.1 Å². The Hall–Kier alpha value is -1.74. The molecular weight excluding hydrogens is 253 g/mol. The summed E-state index contributed by atoms with van der Waals surface area (Å²) >= 11 is 5.61. The number of halogens is 2. The van der Waals surface area contributed by atoms with Crippen molar-refractivity contribution in [2.45, 2.75) is 13.5 Å². The number of rotatable bonds is 3. The maximum atomic E-state index is 13.2. The number of anilines is 1. The van der Waals surface area contributed by atoms with Crippen molar-refractivity contribution in [3.63, 3.8) is 0 Å². The number of nitrogen functional groups attached to an aromatic ring is 1. The zero-order valence-corrected chi connectivity index (χ0v) is 10.7. The van der Waals surface area contributed by atoms with E-state index in [2.05, 4.69) is 0 Å². The molecule has 2 aromatic carbocycles. The van der Waals surface area contributed by atoms with Crippen molar-refractivity contribution in [2.75, 3.05) is 5.73 Å². The molecule has 0 spiro atoms. The summed E-state index contributed by atoms with van der Waals surface area (Å²) in [6.45, 7) is 2.20. The molecule has 0 radical (unpaired) electrons. The van der Waals surface area contributed by atoms with Crippen molar-refractivity contribution in [3.05, 3.63) is 58.4 Å². The molecule has 18 heavy (non-hydrogen) atoms. The van der Waals surface area contributed by atoms with Gasteiger partial charge in [-0.1, -0.05) is 17.7 Å². The number of hydrogen-bond acceptors (Lipinski definition) is 2. The fourth-order valence-electron chi connectivity index (χ4n) is 1.63. The predicted molar refractivity (Wildman–Crippen MR) is 71.3 cm³/mol. The lowest BCUT2D eigenvalue weighted by molar-refractivity contribution is 0.303. The van der Waals surface area contributed by atoms with Crippen molar-refractivity contribution in [1.82, 2.24) is 0 Å². The highest BCUT2D eigenvalue weighted by Crippen LogP contribution is 2.22. The number of aryl methyl sites for hydroxylation is 1. The lowest BCUT2D eigenvalue weighted by Gasteiger charge is -2.10. The monoisotopic (exact) mass is 265 g/mol. The highest BCUT2D eigenvalue weighted by atomic mass is 35.5. The summed E-state index contributed by atoms with van der Waals surface area (Å²) in [6.07, 6.45) is 0. The molecule has 0 unspecified atom stereocenters. The van der Waals surface area contributed by atoms with E-state index < -0.39 is 5.82 Å². The summed E-state index contributed by atoms with van der Waals surface area (Å²) < 4.78 is 18.8. The topological polar surface area (TPSA) is 35.2 Å². The molecule has 0 saturated carbocycles. The van der Waals surface area contributed by atoms with Crippen molar-refractivity contribution in [2.24, 2.45) is 0 Å². The van der Waals surface area contributed by atoms with Crippen LogP contribution in [0.15, 0.2) is 36.4 Å². The Morgan fingerprint density at radius 1 is 1.22 bits per heavy atom. The highest BCUT2D eigenvalue weighted by molar-refractivity contribution is 6.30. The quantitative estimate of drug-likeness (QED) is 0.853. The van der Waals surface area contributed by atoms with Crippen LogP contribution in [0.1, 0.15) is 11.1 Å². The fraction of sp³-hybridized carbons (Fsp3) is 0.143. The van der Waals surface area contributed by atoms with E-state index in [-0.39, 0.29) is 5.02 Å². The van der Waals surface area contributed by atoms with Crippen LogP contribution in [0.25, 0.3) is 0 Å². The molecule has 0 fully saturated rings. The molecule has 2 N–H and O–H groups in total. The van der Waals surface area contributed by atoms with Crippen LogP contribution in [0.2, 0.25) is 5.02 Å². The van der Waals surface area contributed by atoms with Gasteiger partial charge < -0.3 is 10.5 Å². The van der Waals surface area contributed by atoms with Crippen molar-refractivity contribution >= 4 is 17.3 Å². The summed E-state index contributed by atoms with van der Waals surface area (Å²) in [5.74, 6) is 0.298. The summed E-state index contributed by atoms with van der Waals surface area (Å²) in [5.41, 5.74) is 8.02. The molecule has 0 heterocycles. The van der Waals surface area contributed by atoms with E-state index in [0.717, 1.165) is 16.9 Å². The van der Waals surface area contributed by atoms with Crippen LogP contribution < -0.4 is 10.5 Å². The summed E-state index contributed by atoms with van der Waals surface area (Å²) in [7, 11) is 0. The van der Waals surface area contributed by atoms with Crippen molar-refractivity contribution < 1.29 is 9.13 Å². The predicted octanol–water partition coefficient (Wildman–Crippen LogP) is 3.95. The van der Waals surface area contributed by atoms with E-state index in [1.807, 2.05) is 13.0 Å². The van der Waals surface area contributed by atoms with Gasteiger partial charge in [0.15, 0.2) is 0 Å². The molecule has 0 amide bonds. The van der Waals surface area contributed by atoms with Gasteiger partial charge in [-0.3, -0.25) is 0 Å². The molecular formula is C14H13ClFNO. The Kier molecular flexibility index (Phi) is 3.72. The molecule has 0 aromatic heterocycles. The minimum Gasteiger partial charge on any atom is -0.489 e. The number of benzene rings is 2. The van der Waals surface area contributed by atoms with Crippen LogP contribution in [0.4, 0.5) is 10.1 Å². The van der Waals surface area contributed by atoms with Crippen LogP contribution in [0.5, 0.6) is 5.75 Å². The zero-order valence-electron chi connectivity index (χ0n) is 9.91. The first-order valence-corrected chi connectivity index (χ1v) is 5.87. The van der Waals surface area contributed by atoms with Crippen LogP contribution in [0, 0.1) is 12.7 Å². The van der Waals surface area contributed by atoms with Crippen molar-refractivity contribution in [3.8, 4) is 5.75 Å². The van der Waals surface area contributed by atoms with Gasteiger partial charge in [0.05, 0.1) is 5.02 Å². The molecule has 0 atom stereocenters. The van der Waals surface area contributed by atoms with Crippen LogP contribution >= 0.6 is 11.6 Å². The van der Waals surface area contributed by atoms with Gasteiger partial charge in [0, 0.05) is 5.69 Å². The first-order valence-electron chi connectivity index (χ1n) is 5.49. The molecule has 0 bridgehead atoms. The van der Waals surface area contributed by atoms with Crippen LogP contribution in [0.3, 0.4) is 0 Å². The molecule has 94 valence electrons. The molecule has 4 heteroatoms. The summed E-state index contributed by atoms with van der Waals surface area (Å²) in [6, 6.07) is 10.0. The van der Waals surface area contributed by atoms with E-state index >= 15 is 0 Å². The average molecular weight is 266 g/mol. The van der Waals surface area contributed by atoms with Gasteiger partial charge in [-0.25, -0.2) is 4.39 Å². The molecule has 0 saturated heterocycles. The first kappa shape index (κ1) is 12.7. The highest BCUT2D eigenvalue weighted by Gasteiger charge is 2.03. The van der Waals surface area contributed by atoms with E-state index in [1.165, 1.54) is 12.1 Å². The number of ether oxygens (including phenoxy) is 1. The van der Waals surface area contributed by atoms with Gasteiger partial charge >= 0.3 is 0 Å². The van der Waals surface area contributed by atoms with Gasteiger partial charge in [0.25, 0.3) is 0 Å². The minimum atomic E-state index is -0.438. The molecule has 2 nitrogen and oxygen atoms in total. The van der Waals surface area contributed by atoms with Crippen LogP contribution in [-0.2, 0) is 6.61 Å². The van der Waals surface area contributed by atoms with Gasteiger partial charge in [-0.2, -0.15) is 0 Å². The third-order valence-corrected chi connectivity index (χ3v) is 2.88. The lowest BCUT2D eigenvalue weighted by Crippen LogP contribution is -1.98. The first-order chi connectivity index (χ1) is 8.56. The smallest absolute Gasteiger partial charge is 0.142 e. The number of nitrogens with two attached hydrogens (primary N) is 1. The van der Waals surface area contributed by atoms with Gasteiger partial charge in [0.2, 0.25) is 0 Å². The Morgan fingerprint density at radius 3 is 2.67 bits per heavy atom. The van der Waals surface area contributed by atoms with E-state index in [1.54, 1.807) is 18.2 Å². The second-order valence-electron chi connectivity index (χ2n) is 4.06. The second kappa shape index (κ2) is 5.27. The van der Waals surface area contributed by atoms with Gasteiger partial charge in [0.1, 0.15) is 18.2 Å². The fourth-order valence-corrected chi connectivity index (χ4v) is 1.74. The third-order valence-electron chi connectivity index (χ3n) is 2.58. The summed E-state index contributed by atoms with van der Waals surface area (Å²) in [5, 5.41) is 0.113. The standard InChI is InChI=1S/C14H13ClFNO/c1-9-6-11(17)3-5-14(9)18-8-10-2-4-12(15)13(16)7-10/h2-7H,8,17H2,1H3. The Labute approximate surface area is 110 Å². The lowest BCUT2D eigenvalue weighted by atomic mass is 10.2. The molecule has 2 aromatic rings. The Morgan fingerprint density at radius 2 is 2.00 bits per heavy atom. The van der Waals surface area contributed by atoms with Gasteiger partial charge in [-0.05, 0) is 48.4 Å². The third kappa shape index (κ3) is 2.93. The largest absolute Gasteiger partial charge is 0.489 e. The second-order valence-corrected chi connectivity index (χ2v) is 4.47. The Bertz CT molecular complexity index is 572. The Balaban J connectivity index is 2.09. The average Bonchev–Trinajstić information content (AvgIpc) is 2.32. The maximum absolute atomic E-state index is 13.2. The van der Waals surface area contributed by atoms with E-state index in [9.17, 15) is 4.39 Å². The molecule has 2 rings (SSSR count). The number of hydrogen-bond donors (Lipinski definition) is 1. The maximum Gasteiger partial charge on any atom is 0.142 e. The van der Waals surface area contributed by atoms with Crippen molar-refractivity contribution in [1.29, 1.82) is 0 Å². The van der Waals surface area contributed by atoms with E-state index in [0.29, 0.717) is 12.3 Å². The van der Waals surface area contributed by atoms with Gasteiger partial charge in [-0.15, -0.1) is 0 Å². The zero-order chi connectivity index (χ0) is 13.1. The SMILES string of the molecule is Cc1cc(N)ccc1OCc1ccc(Cl)c(F)c1. The minimum absolute atomic E-state index is 0.113. The normalized spacial score (nSPS) is 10.4. The summed E-state index contributed by atoms with van der Waals surface area (Å²) in [4.78, 5) is 0. The molecule has 0 aliphatic carbocycles. The molecule has 0 aliphatic rings.